The van der Waals surface area contributed by atoms with Crippen molar-refractivity contribution in [2.75, 3.05) is 0 Å². The van der Waals surface area contributed by atoms with Crippen LogP contribution in [0.15, 0.2) is 54.6 Å². The fraction of sp³-hybridized carbons (Fsp3) is 0.333. The number of aryl methyl sites for hydroxylation is 1. The maximum atomic E-state index is 2.34. The molecule has 0 saturated carbocycles. The van der Waals surface area contributed by atoms with Crippen LogP contribution in [0.25, 0.3) is 0 Å². The molecule has 0 aliphatic rings. The van der Waals surface area contributed by atoms with Gasteiger partial charge in [-0.15, -0.1) is 0 Å². The molecule has 94 valence electrons. The fourth-order valence-corrected chi connectivity index (χ4v) is 2.68. The molecule has 2 rings (SSSR count). The van der Waals surface area contributed by atoms with E-state index in [-0.39, 0.29) is 0 Å². The highest BCUT2D eigenvalue weighted by atomic mass is 14.2. The first-order valence-electron chi connectivity index (χ1n) is 6.84. The Balaban J connectivity index is 2.25. The van der Waals surface area contributed by atoms with Crippen LogP contribution in [0, 0.1) is 6.92 Å². The SMILES string of the molecule is CCC(c1ccccc1)C(C)c1ccc(C)cc1. The van der Waals surface area contributed by atoms with Gasteiger partial charge in [0.15, 0.2) is 0 Å². The zero-order chi connectivity index (χ0) is 13.0. The lowest BCUT2D eigenvalue weighted by Crippen LogP contribution is -2.07. The Morgan fingerprint density at radius 3 is 2.00 bits per heavy atom. The average Bonchev–Trinajstić information content (AvgIpc) is 2.41. The van der Waals surface area contributed by atoms with Crippen LogP contribution in [0.3, 0.4) is 0 Å². The first kappa shape index (κ1) is 12.9. The Kier molecular flexibility index (Phi) is 4.19. The first-order valence-corrected chi connectivity index (χ1v) is 6.84. The third-order valence-electron chi connectivity index (χ3n) is 3.87. The molecule has 2 atom stereocenters. The summed E-state index contributed by atoms with van der Waals surface area (Å²) in [6, 6.07) is 19.8. The first-order chi connectivity index (χ1) is 8.72. The summed E-state index contributed by atoms with van der Waals surface area (Å²) in [6.45, 7) is 6.76. The lowest BCUT2D eigenvalue weighted by molar-refractivity contribution is 0.559. The van der Waals surface area contributed by atoms with Crippen LogP contribution in [0.2, 0.25) is 0 Å². The maximum absolute atomic E-state index is 2.34. The van der Waals surface area contributed by atoms with Gasteiger partial charge in [0.05, 0.1) is 0 Å². The van der Waals surface area contributed by atoms with E-state index in [0.717, 1.165) is 0 Å². The summed E-state index contributed by atoms with van der Waals surface area (Å²) < 4.78 is 0. The molecule has 0 saturated heterocycles. The van der Waals surface area contributed by atoms with E-state index < -0.39 is 0 Å². The molecule has 0 aromatic heterocycles. The molecule has 0 aliphatic heterocycles. The Morgan fingerprint density at radius 1 is 0.833 bits per heavy atom. The second-order valence-electron chi connectivity index (χ2n) is 5.12. The van der Waals surface area contributed by atoms with E-state index in [9.17, 15) is 0 Å². The smallest absolute Gasteiger partial charge is 0.00984 e. The molecule has 2 aromatic rings. The van der Waals surface area contributed by atoms with Crippen molar-refractivity contribution in [1.82, 2.24) is 0 Å². The largest absolute Gasteiger partial charge is 0.0648 e. The molecule has 0 bridgehead atoms. The highest BCUT2D eigenvalue weighted by Gasteiger charge is 2.18. The second-order valence-corrected chi connectivity index (χ2v) is 5.12. The highest BCUT2D eigenvalue weighted by molar-refractivity contribution is 5.29. The van der Waals surface area contributed by atoms with Gasteiger partial charge in [-0.05, 0) is 36.3 Å². The van der Waals surface area contributed by atoms with Crippen LogP contribution in [-0.2, 0) is 0 Å². The summed E-state index contributed by atoms with van der Waals surface area (Å²) in [7, 11) is 0. The second kappa shape index (κ2) is 5.86. The monoisotopic (exact) mass is 238 g/mol. The number of benzene rings is 2. The minimum atomic E-state index is 0.568. The van der Waals surface area contributed by atoms with Crippen molar-refractivity contribution in [3.05, 3.63) is 71.3 Å². The van der Waals surface area contributed by atoms with Crippen LogP contribution in [0.5, 0.6) is 0 Å². The van der Waals surface area contributed by atoms with Gasteiger partial charge in [0, 0.05) is 0 Å². The molecule has 0 heteroatoms. The van der Waals surface area contributed by atoms with Gasteiger partial charge in [0.25, 0.3) is 0 Å². The van der Waals surface area contributed by atoms with Gasteiger partial charge in [0.1, 0.15) is 0 Å². The van der Waals surface area contributed by atoms with Crippen LogP contribution in [-0.4, -0.2) is 0 Å². The predicted octanol–water partition coefficient (Wildman–Crippen LogP) is 5.29. The summed E-state index contributed by atoms with van der Waals surface area (Å²) in [5.74, 6) is 1.17. The van der Waals surface area contributed by atoms with Gasteiger partial charge < -0.3 is 0 Å². The number of hydrogen-bond acceptors (Lipinski definition) is 0. The predicted molar refractivity (Wildman–Crippen MR) is 79.1 cm³/mol. The molecule has 0 spiro atoms. The zero-order valence-electron chi connectivity index (χ0n) is 11.6. The Morgan fingerprint density at radius 2 is 1.44 bits per heavy atom. The Bertz CT molecular complexity index is 467. The summed E-state index contributed by atoms with van der Waals surface area (Å²) in [6.07, 6.45) is 1.18. The quantitative estimate of drug-likeness (QED) is 0.678. The van der Waals surface area contributed by atoms with Crippen molar-refractivity contribution >= 4 is 0 Å². The van der Waals surface area contributed by atoms with E-state index in [1.54, 1.807) is 0 Å². The summed E-state index contributed by atoms with van der Waals surface area (Å²) >= 11 is 0. The molecule has 0 nitrogen and oxygen atoms in total. The lowest BCUT2D eigenvalue weighted by atomic mass is 9.81. The van der Waals surface area contributed by atoms with Crippen molar-refractivity contribution in [1.29, 1.82) is 0 Å². The molecule has 2 aromatic carbocycles. The molecule has 18 heavy (non-hydrogen) atoms. The molecule has 0 amide bonds. The Labute approximate surface area is 111 Å². The standard InChI is InChI=1S/C18H22/c1-4-18(17-8-6-5-7-9-17)15(3)16-12-10-14(2)11-13-16/h5-13,15,18H,4H2,1-3H3. The normalized spacial score (nSPS) is 14.2. The molecular weight excluding hydrogens is 216 g/mol. The van der Waals surface area contributed by atoms with Crippen LogP contribution in [0.1, 0.15) is 48.8 Å². The molecule has 0 aliphatic carbocycles. The molecule has 0 heterocycles. The van der Waals surface area contributed by atoms with Crippen molar-refractivity contribution in [2.24, 2.45) is 0 Å². The lowest BCUT2D eigenvalue weighted by Gasteiger charge is -2.23. The van der Waals surface area contributed by atoms with E-state index in [1.807, 2.05) is 0 Å². The minimum Gasteiger partial charge on any atom is -0.0648 e. The number of rotatable bonds is 4. The van der Waals surface area contributed by atoms with Crippen molar-refractivity contribution in [3.63, 3.8) is 0 Å². The van der Waals surface area contributed by atoms with E-state index >= 15 is 0 Å². The Hall–Kier alpha value is -1.56. The third kappa shape index (κ3) is 2.81. The van der Waals surface area contributed by atoms with Gasteiger partial charge in [-0.1, -0.05) is 74.0 Å². The van der Waals surface area contributed by atoms with Gasteiger partial charge >= 0.3 is 0 Å². The summed E-state index contributed by atoms with van der Waals surface area (Å²) in [4.78, 5) is 0. The van der Waals surface area contributed by atoms with Crippen LogP contribution >= 0.6 is 0 Å². The van der Waals surface area contributed by atoms with E-state index in [2.05, 4.69) is 75.4 Å². The number of hydrogen-bond donors (Lipinski definition) is 0. The zero-order valence-corrected chi connectivity index (χ0v) is 11.6. The molecule has 0 radical (unpaired) electrons. The average molecular weight is 238 g/mol. The maximum Gasteiger partial charge on any atom is -0.00984 e. The van der Waals surface area contributed by atoms with Gasteiger partial charge in [-0.2, -0.15) is 0 Å². The highest BCUT2D eigenvalue weighted by Crippen LogP contribution is 2.35. The molecule has 2 unspecified atom stereocenters. The van der Waals surface area contributed by atoms with Gasteiger partial charge in [-0.25, -0.2) is 0 Å². The topological polar surface area (TPSA) is 0 Å². The van der Waals surface area contributed by atoms with E-state index in [1.165, 1.54) is 23.1 Å². The minimum absolute atomic E-state index is 0.568. The molecular formula is C18H22. The van der Waals surface area contributed by atoms with E-state index in [0.29, 0.717) is 11.8 Å². The van der Waals surface area contributed by atoms with E-state index in [4.69, 9.17) is 0 Å². The summed E-state index contributed by atoms with van der Waals surface area (Å²) in [5.41, 5.74) is 4.23. The summed E-state index contributed by atoms with van der Waals surface area (Å²) in [5, 5.41) is 0. The van der Waals surface area contributed by atoms with Gasteiger partial charge in [-0.3, -0.25) is 0 Å². The third-order valence-corrected chi connectivity index (χ3v) is 3.87. The molecule has 0 N–H and O–H groups in total. The van der Waals surface area contributed by atoms with Crippen molar-refractivity contribution in [3.8, 4) is 0 Å². The van der Waals surface area contributed by atoms with Crippen molar-refractivity contribution < 1.29 is 0 Å². The van der Waals surface area contributed by atoms with Crippen LogP contribution < -0.4 is 0 Å². The fourth-order valence-electron chi connectivity index (χ4n) is 2.68. The van der Waals surface area contributed by atoms with Crippen LogP contribution in [0.4, 0.5) is 0 Å². The molecule has 0 fully saturated rings. The van der Waals surface area contributed by atoms with Crippen molar-refractivity contribution in [2.45, 2.75) is 39.0 Å². The van der Waals surface area contributed by atoms with Gasteiger partial charge in [0.2, 0.25) is 0 Å².